The van der Waals surface area contributed by atoms with E-state index < -0.39 is 28.0 Å². The Labute approximate surface area is 247 Å². The molecule has 0 saturated heterocycles. The van der Waals surface area contributed by atoms with Gasteiger partial charge in [-0.1, -0.05) is 147 Å². The molecule has 236 valence electrons. The number of carbonyl (C=O) groups is 1. The highest BCUT2D eigenvalue weighted by Gasteiger charge is 2.24. The van der Waals surface area contributed by atoms with Gasteiger partial charge in [0, 0.05) is 6.42 Å². The van der Waals surface area contributed by atoms with E-state index in [1.807, 2.05) is 0 Å². The molecule has 0 fully saturated rings. The molecule has 0 aromatic rings. The van der Waals surface area contributed by atoms with Gasteiger partial charge in [0.15, 0.2) is 0 Å². The van der Waals surface area contributed by atoms with Crippen LogP contribution >= 0.6 is 0 Å². The first kappa shape index (κ1) is 38.8. The molecule has 7 heteroatoms. The summed E-state index contributed by atoms with van der Waals surface area (Å²) >= 11 is 0. The van der Waals surface area contributed by atoms with Crippen LogP contribution in [0, 0.1) is 0 Å². The standard InChI is InChI=1S/C33H63NO5S/c1-3-5-7-9-11-13-14-15-16-17-18-19-21-22-24-26-28-32(35)31(30-40(37,38)39)34-33(36)29-27-25-23-20-12-10-8-6-4-2/h19,21,26,28,31-32,35H,3-18,20,22-25,27,29-30H2,1-2H3,(H,34,36)(H,37,38,39)/b21-19+,28-26+. The van der Waals surface area contributed by atoms with Crippen LogP contribution in [0.2, 0.25) is 0 Å². The van der Waals surface area contributed by atoms with Crippen molar-refractivity contribution in [2.75, 3.05) is 5.75 Å². The number of allylic oxidation sites excluding steroid dienone is 3. The lowest BCUT2D eigenvalue weighted by Crippen LogP contribution is -2.46. The van der Waals surface area contributed by atoms with Gasteiger partial charge in [0.1, 0.15) is 0 Å². The van der Waals surface area contributed by atoms with Gasteiger partial charge in [-0.2, -0.15) is 8.42 Å². The quantitative estimate of drug-likeness (QED) is 0.0462. The minimum absolute atomic E-state index is 0.290. The number of rotatable bonds is 29. The van der Waals surface area contributed by atoms with Crippen molar-refractivity contribution in [3.63, 3.8) is 0 Å². The lowest BCUT2D eigenvalue weighted by atomic mass is 10.1. The molecule has 2 unspecified atom stereocenters. The van der Waals surface area contributed by atoms with Crippen LogP contribution in [0.1, 0.15) is 162 Å². The van der Waals surface area contributed by atoms with Gasteiger partial charge in [-0.3, -0.25) is 9.35 Å². The van der Waals surface area contributed by atoms with Gasteiger partial charge in [-0.05, 0) is 32.1 Å². The maximum absolute atomic E-state index is 12.3. The van der Waals surface area contributed by atoms with E-state index in [4.69, 9.17) is 0 Å². The summed E-state index contributed by atoms with van der Waals surface area (Å²) in [6.45, 7) is 4.46. The third-order valence-electron chi connectivity index (χ3n) is 7.38. The number of unbranched alkanes of at least 4 members (excludes halogenated alkanes) is 19. The van der Waals surface area contributed by atoms with Crippen LogP contribution in [0.15, 0.2) is 24.3 Å². The summed E-state index contributed by atoms with van der Waals surface area (Å²) in [4.78, 5) is 12.3. The summed E-state index contributed by atoms with van der Waals surface area (Å²) in [5, 5.41) is 13.1. The molecule has 2 atom stereocenters. The highest BCUT2D eigenvalue weighted by atomic mass is 32.2. The van der Waals surface area contributed by atoms with Crippen LogP contribution in [0.4, 0.5) is 0 Å². The number of aliphatic hydroxyl groups excluding tert-OH is 1. The zero-order chi connectivity index (χ0) is 29.7. The number of amides is 1. The largest absolute Gasteiger partial charge is 0.387 e. The second kappa shape index (κ2) is 28.0. The van der Waals surface area contributed by atoms with Gasteiger partial charge in [0.25, 0.3) is 10.1 Å². The molecule has 0 aliphatic rings. The van der Waals surface area contributed by atoms with Crippen LogP contribution in [0.3, 0.4) is 0 Å². The van der Waals surface area contributed by atoms with Crippen molar-refractivity contribution in [1.82, 2.24) is 5.32 Å². The molecule has 1 amide bonds. The minimum Gasteiger partial charge on any atom is -0.387 e. The normalized spacial score (nSPS) is 13.8. The van der Waals surface area contributed by atoms with Gasteiger partial charge in [-0.25, -0.2) is 0 Å². The SMILES string of the molecule is CCCCCCCCCCCC/C=C/CC/C=C/C(O)C(CS(=O)(=O)O)NC(=O)CCCCCCCCCCC. The number of hydrogen-bond acceptors (Lipinski definition) is 4. The molecule has 0 bridgehead atoms. The Kier molecular flexibility index (Phi) is 27.1. The van der Waals surface area contributed by atoms with Crippen molar-refractivity contribution in [3.8, 4) is 0 Å². The third kappa shape index (κ3) is 28.4. The average Bonchev–Trinajstić information content (AvgIpc) is 2.90. The lowest BCUT2D eigenvalue weighted by molar-refractivity contribution is -0.122. The first-order valence-electron chi connectivity index (χ1n) is 16.5. The monoisotopic (exact) mass is 585 g/mol. The summed E-state index contributed by atoms with van der Waals surface area (Å²) in [5.74, 6) is -1.00. The Morgan fingerprint density at radius 2 is 1.07 bits per heavy atom. The van der Waals surface area contributed by atoms with E-state index in [0.29, 0.717) is 0 Å². The first-order valence-corrected chi connectivity index (χ1v) is 18.1. The van der Waals surface area contributed by atoms with E-state index in [0.717, 1.165) is 38.5 Å². The smallest absolute Gasteiger partial charge is 0.267 e. The molecule has 0 rings (SSSR count). The molecule has 0 aliphatic heterocycles. The fourth-order valence-corrected chi connectivity index (χ4v) is 5.61. The molecular formula is C33H63NO5S. The number of hydrogen-bond donors (Lipinski definition) is 3. The van der Waals surface area contributed by atoms with E-state index in [9.17, 15) is 22.9 Å². The Balaban J connectivity index is 4.08. The van der Waals surface area contributed by atoms with Crippen molar-refractivity contribution in [2.24, 2.45) is 0 Å². The van der Waals surface area contributed by atoms with Crippen molar-refractivity contribution < 1.29 is 22.9 Å². The fraction of sp³-hybridized carbons (Fsp3) is 0.848. The summed E-state index contributed by atoms with van der Waals surface area (Å²) in [5.41, 5.74) is 0. The molecule has 3 N–H and O–H groups in total. The lowest BCUT2D eigenvalue weighted by Gasteiger charge is -2.21. The Morgan fingerprint density at radius 3 is 1.57 bits per heavy atom. The number of nitrogens with one attached hydrogen (secondary N) is 1. The molecule has 0 spiro atoms. The molecule has 0 heterocycles. The van der Waals surface area contributed by atoms with Crippen LogP contribution in [-0.4, -0.2) is 41.9 Å². The number of carbonyl (C=O) groups excluding carboxylic acids is 1. The van der Waals surface area contributed by atoms with Crippen molar-refractivity contribution in [3.05, 3.63) is 24.3 Å². The fourth-order valence-electron chi connectivity index (χ4n) is 4.88. The topological polar surface area (TPSA) is 104 Å². The molecule has 40 heavy (non-hydrogen) atoms. The Morgan fingerprint density at radius 1 is 0.650 bits per heavy atom. The highest BCUT2D eigenvalue weighted by Crippen LogP contribution is 2.13. The number of aliphatic hydroxyl groups is 1. The van der Waals surface area contributed by atoms with Gasteiger partial charge < -0.3 is 10.4 Å². The second-order valence-corrected chi connectivity index (χ2v) is 12.9. The molecule has 0 aromatic carbocycles. The summed E-state index contributed by atoms with van der Waals surface area (Å²) in [6, 6.07) is -1.07. The van der Waals surface area contributed by atoms with E-state index >= 15 is 0 Å². The molecule has 6 nitrogen and oxygen atoms in total. The highest BCUT2D eigenvalue weighted by molar-refractivity contribution is 7.85. The van der Waals surface area contributed by atoms with Crippen LogP contribution in [0.25, 0.3) is 0 Å². The molecule has 0 aromatic heterocycles. The average molecular weight is 586 g/mol. The predicted molar refractivity (Wildman–Crippen MR) is 170 cm³/mol. The first-order chi connectivity index (χ1) is 19.3. The zero-order valence-electron chi connectivity index (χ0n) is 26.0. The van der Waals surface area contributed by atoms with Gasteiger partial charge in [0.2, 0.25) is 5.91 Å². The van der Waals surface area contributed by atoms with Crippen molar-refractivity contribution in [2.45, 2.75) is 174 Å². The minimum atomic E-state index is -4.34. The second-order valence-electron chi connectivity index (χ2n) is 11.4. The predicted octanol–water partition coefficient (Wildman–Crippen LogP) is 8.84. The molecule has 0 aliphatic carbocycles. The van der Waals surface area contributed by atoms with Gasteiger partial charge in [0.05, 0.1) is 17.9 Å². The van der Waals surface area contributed by atoms with Crippen LogP contribution < -0.4 is 5.32 Å². The van der Waals surface area contributed by atoms with Gasteiger partial charge in [-0.15, -0.1) is 0 Å². The third-order valence-corrected chi connectivity index (χ3v) is 8.16. The maximum atomic E-state index is 12.3. The zero-order valence-corrected chi connectivity index (χ0v) is 26.8. The van der Waals surface area contributed by atoms with E-state index in [-0.39, 0.29) is 12.3 Å². The van der Waals surface area contributed by atoms with E-state index in [1.54, 1.807) is 6.08 Å². The maximum Gasteiger partial charge on any atom is 0.267 e. The van der Waals surface area contributed by atoms with Crippen molar-refractivity contribution in [1.29, 1.82) is 0 Å². The molecule has 0 saturated carbocycles. The van der Waals surface area contributed by atoms with Crippen molar-refractivity contribution >= 4 is 16.0 Å². The Bertz CT molecular complexity index is 735. The van der Waals surface area contributed by atoms with Crippen LogP contribution in [-0.2, 0) is 14.9 Å². The molecule has 0 radical (unpaired) electrons. The summed E-state index contributed by atoms with van der Waals surface area (Å²) in [6.07, 6.45) is 33.1. The van der Waals surface area contributed by atoms with E-state index in [1.165, 1.54) is 109 Å². The molecular weight excluding hydrogens is 522 g/mol. The van der Waals surface area contributed by atoms with E-state index in [2.05, 4.69) is 31.3 Å². The van der Waals surface area contributed by atoms with Crippen LogP contribution in [0.5, 0.6) is 0 Å². The summed E-state index contributed by atoms with van der Waals surface area (Å²) in [7, 11) is -4.34. The Hall–Kier alpha value is -1.18. The summed E-state index contributed by atoms with van der Waals surface area (Å²) < 4.78 is 32.2. The van der Waals surface area contributed by atoms with Gasteiger partial charge >= 0.3 is 0 Å².